The molecule has 3 aromatic rings. The maximum atomic E-state index is 15.4. The van der Waals surface area contributed by atoms with E-state index < -0.39 is 51.0 Å². The summed E-state index contributed by atoms with van der Waals surface area (Å²) >= 11 is 12.0. The van der Waals surface area contributed by atoms with Crippen molar-refractivity contribution < 1.29 is 27.1 Å². The van der Waals surface area contributed by atoms with Gasteiger partial charge in [-0.05, 0) is 63.9 Å². The van der Waals surface area contributed by atoms with Gasteiger partial charge in [0.2, 0.25) is 5.91 Å². The van der Waals surface area contributed by atoms with Gasteiger partial charge in [0, 0.05) is 31.2 Å². The highest BCUT2D eigenvalue weighted by Gasteiger charge is 2.45. The second-order valence-electron chi connectivity index (χ2n) is 11.9. The van der Waals surface area contributed by atoms with Gasteiger partial charge in [0.15, 0.2) is 11.6 Å². The van der Waals surface area contributed by atoms with E-state index >= 15 is 4.39 Å². The molecule has 1 amide bonds. The molecule has 16 heteroatoms. The number of anilines is 2. The van der Waals surface area contributed by atoms with Crippen LogP contribution in [0.15, 0.2) is 29.6 Å². The Balaban J connectivity index is 1.57. The normalized spacial score (nSPS) is 19.9. The largest absolute Gasteiger partial charge is 0.460 e. The molecule has 1 aromatic carbocycles. The minimum absolute atomic E-state index is 0.0119. The number of hydrogen-bond donors (Lipinski definition) is 1. The van der Waals surface area contributed by atoms with Crippen LogP contribution in [0.5, 0.6) is 6.01 Å². The van der Waals surface area contributed by atoms with Crippen molar-refractivity contribution in [2.24, 2.45) is 0 Å². The molecule has 0 saturated carbocycles. The van der Waals surface area contributed by atoms with Gasteiger partial charge in [0.25, 0.3) is 5.56 Å². The zero-order chi connectivity index (χ0) is 33.1. The smallest absolute Gasteiger partial charge is 0.417 e. The molecular weight excluding hydrogens is 653 g/mol. The maximum Gasteiger partial charge on any atom is 0.417 e. The van der Waals surface area contributed by atoms with Crippen LogP contribution in [0.3, 0.4) is 0 Å². The molecule has 3 aliphatic rings. The fourth-order valence-corrected chi connectivity index (χ4v) is 7.43. The van der Waals surface area contributed by atoms with E-state index in [0.717, 1.165) is 49.4 Å². The number of fused-ring (bicyclic) bond motifs is 2. The molecular formula is C30H31Cl2F4N7O3. The number of benzene rings is 1. The fourth-order valence-electron chi connectivity index (χ4n) is 6.97. The molecule has 10 nitrogen and oxygen atoms in total. The second kappa shape index (κ2) is 11.9. The number of piperazine rings is 1. The lowest BCUT2D eigenvalue weighted by Crippen LogP contribution is -2.54. The topological polar surface area (TPSA) is 109 Å². The Bertz CT molecular complexity index is 1770. The van der Waals surface area contributed by atoms with Gasteiger partial charge in [-0.2, -0.15) is 22.7 Å². The number of nitrogen functional groups attached to an aromatic ring is 1. The van der Waals surface area contributed by atoms with Gasteiger partial charge in [-0.1, -0.05) is 29.8 Å². The van der Waals surface area contributed by atoms with Gasteiger partial charge in [0.05, 0.1) is 32.4 Å². The number of nitrogens with zero attached hydrogens (tertiary/aromatic N) is 6. The standard InChI is InChI=1S/C30H31Cl2F4N7O3/c1-3-21(44)40-10-11-42(16(2)14-40)26-20-12-17(30(34,35)36)22(23-24(33)18(31)13-19(32)25(23)37)27(45)43(20)39-28(38-26)46-15-29-6-4-8-41(29)9-5-7-29/h3,12-13,16H,1,4-11,14-15,37H2,2H3/t16-/m0/s1. The number of amides is 1. The first-order valence-electron chi connectivity index (χ1n) is 14.8. The molecule has 0 unspecified atom stereocenters. The predicted octanol–water partition coefficient (Wildman–Crippen LogP) is 5.03. The number of hydrogen-bond acceptors (Lipinski definition) is 8. The average Bonchev–Trinajstić information content (AvgIpc) is 3.59. The van der Waals surface area contributed by atoms with Crippen molar-refractivity contribution in [1.29, 1.82) is 0 Å². The molecule has 0 radical (unpaired) electrons. The summed E-state index contributed by atoms with van der Waals surface area (Å²) in [6, 6.07) is 0.957. The van der Waals surface area contributed by atoms with Crippen LogP contribution in [0.4, 0.5) is 29.1 Å². The van der Waals surface area contributed by atoms with Crippen LogP contribution in [-0.4, -0.2) is 81.2 Å². The molecule has 2 N–H and O–H groups in total. The van der Waals surface area contributed by atoms with E-state index in [9.17, 15) is 22.8 Å². The minimum Gasteiger partial charge on any atom is -0.460 e. The summed E-state index contributed by atoms with van der Waals surface area (Å²) in [5.74, 6) is -1.64. The van der Waals surface area contributed by atoms with E-state index in [1.54, 1.807) is 16.7 Å². The Kier molecular flexibility index (Phi) is 8.34. The Morgan fingerprint density at radius 3 is 2.48 bits per heavy atom. The third-order valence-electron chi connectivity index (χ3n) is 9.23. The first-order chi connectivity index (χ1) is 21.8. The summed E-state index contributed by atoms with van der Waals surface area (Å²) in [6.45, 7) is 7.97. The van der Waals surface area contributed by atoms with Crippen LogP contribution in [0.2, 0.25) is 10.0 Å². The van der Waals surface area contributed by atoms with Crippen molar-refractivity contribution in [3.05, 3.63) is 56.6 Å². The number of nitrogens with two attached hydrogens (primary N) is 1. The lowest BCUT2D eigenvalue weighted by Gasteiger charge is -2.40. The lowest BCUT2D eigenvalue weighted by molar-refractivity contribution is -0.137. The minimum atomic E-state index is -5.14. The van der Waals surface area contributed by atoms with Crippen molar-refractivity contribution in [2.75, 3.05) is 50.0 Å². The molecule has 5 heterocycles. The maximum absolute atomic E-state index is 15.4. The van der Waals surface area contributed by atoms with Crippen LogP contribution in [0.25, 0.3) is 16.6 Å². The van der Waals surface area contributed by atoms with Crippen molar-refractivity contribution in [1.82, 2.24) is 24.4 Å². The van der Waals surface area contributed by atoms with Crippen LogP contribution in [-0.2, 0) is 11.0 Å². The molecule has 2 aromatic heterocycles. The van der Waals surface area contributed by atoms with Crippen molar-refractivity contribution in [3.63, 3.8) is 0 Å². The van der Waals surface area contributed by atoms with E-state index in [1.807, 2.05) is 0 Å². The van der Waals surface area contributed by atoms with E-state index in [1.165, 1.54) is 6.08 Å². The van der Waals surface area contributed by atoms with Crippen molar-refractivity contribution >= 4 is 46.1 Å². The summed E-state index contributed by atoms with van der Waals surface area (Å²) in [5.41, 5.74) is 0.0671. The summed E-state index contributed by atoms with van der Waals surface area (Å²) < 4.78 is 66.4. The van der Waals surface area contributed by atoms with Crippen LogP contribution in [0, 0.1) is 5.82 Å². The van der Waals surface area contributed by atoms with Gasteiger partial charge in [-0.15, -0.1) is 5.10 Å². The number of ether oxygens (including phenoxy) is 1. The number of rotatable bonds is 6. The summed E-state index contributed by atoms with van der Waals surface area (Å²) in [6.07, 6.45) is -0.161. The van der Waals surface area contributed by atoms with Crippen molar-refractivity contribution in [2.45, 2.75) is 50.4 Å². The van der Waals surface area contributed by atoms with E-state index in [0.29, 0.717) is 6.07 Å². The summed E-state index contributed by atoms with van der Waals surface area (Å²) in [7, 11) is 0. The van der Waals surface area contributed by atoms with Gasteiger partial charge < -0.3 is 20.3 Å². The molecule has 3 saturated heterocycles. The van der Waals surface area contributed by atoms with E-state index in [-0.39, 0.29) is 60.1 Å². The number of aromatic nitrogens is 3. The Morgan fingerprint density at radius 1 is 1.15 bits per heavy atom. The van der Waals surface area contributed by atoms with E-state index in [4.69, 9.17) is 33.7 Å². The number of alkyl halides is 3. The number of halogens is 6. The molecule has 6 rings (SSSR count). The average molecular weight is 685 g/mol. The van der Waals surface area contributed by atoms with Gasteiger partial charge >= 0.3 is 12.2 Å². The SMILES string of the molecule is C=CC(=O)N1CCN(c2nc(OCC34CCCN3CCC4)nn3c(=O)c(-c4c(N)c(Cl)cc(Cl)c4F)c(C(F)(F)F)cc23)[C@@H](C)C1. The monoisotopic (exact) mass is 683 g/mol. The first kappa shape index (κ1) is 32.3. The highest BCUT2D eigenvalue weighted by Crippen LogP contribution is 2.44. The summed E-state index contributed by atoms with van der Waals surface area (Å²) in [5, 5.41) is 3.30. The van der Waals surface area contributed by atoms with Gasteiger partial charge in [0.1, 0.15) is 12.1 Å². The lowest BCUT2D eigenvalue weighted by atomic mass is 9.95. The van der Waals surface area contributed by atoms with Crippen LogP contribution < -0.4 is 20.9 Å². The number of pyridine rings is 1. The zero-order valence-electron chi connectivity index (χ0n) is 24.8. The molecule has 3 fully saturated rings. The highest BCUT2D eigenvalue weighted by atomic mass is 35.5. The Morgan fingerprint density at radius 2 is 1.85 bits per heavy atom. The second-order valence-corrected chi connectivity index (χ2v) is 12.7. The molecule has 0 bridgehead atoms. The summed E-state index contributed by atoms with van der Waals surface area (Å²) in [4.78, 5) is 36.6. The molecule has 0 aliphatic carbocycles. The molecule has 46 heavy (non-hydrogen) atoms. The molecule has 3 aliphatic heterocycles. The Labute approximate surface area is 271 Å². The number of carbonyl (C=O) groups is 1. The first-order valence-corrected chi connectivity index (χ1v) is 15.6. The molecule has 1 atom stereocenters. The zero-order valence-corrected chi connectivity index (χ0v) is 26.4. The third kappa shape index (κ3) is 5.43. The van der Waals surface area contributed by atoms with Crippen molar-refractivity contribution in [3.8, 4) is 17.1 Å². The fraction of sp³-hybridized carbons (Fsp3) is 0.467. The van der Waals surface area contributed by atoms with Gasteiger partial charge in [-0.3, -0.25) is 14.5 Å². The molecule has 0 spiro atoms. The van der Waals surface area contributed by atoms with Gasteiger partial charge in [-0.25, -0.2) is 4.39 Å². The number of carbonyl (C=O) groups excluding carboxylic acids is 1. The van der Waals surface area contributed by atoms with E-state index in [2.05, 4.69) is 21.6 Å². The third-order valence-corrected chi connectivity index (χ3v) is 9.82. The predicted molar refractivity (Wildman–Crippen MR) is 166 cm³/mol. The Hall–Kier alpha value is -3.62. The van der Waals surface area contributed by atoms with Crippen LogP contribution >= 0.6 is 23.2 Å². The quantitative estimate of drug-likeness (QED) is 0.167. The van der Waals surface area contributed by atoms with Crippen LogP contribution in [0.1, 0.15) is 38.2 Å². The molecule has 246 valence electrons. The highest BCUT2D eigenvalue weighted by molar-refractivity contribution is 6.37.